The lowest BCUT2D eigenvalue weighted by Crippen LogP contribution is -2.18. The number of esters is 1. The highest BCUT2D eigenvalue weighted by Gasteiger charge is 2.24. The highest BCUT2D eigenvalue weighted by molar-refractivity contribution is 6.41. The highest BCUT2D eigenvalue weighted by atomic mass is 35.5. The smallest absolute Gasteiger partial charge is 0.381 e. The van der Waals surface area contributed by atoms with E-state index in [-0.39, 0.29) is 0 Å². The molecule has 2 aromatic rings. The summed E-state index contributed by atoms with van der Waals surface area (Å²) in [4.78, 5) is 23.6. The molecular weight excluding hydrogens is 332 g/mol. The number of ether oxygens (including phenoxy) is 1. The van der Waals surface area contributed by atoms with Crippen molar-refractivity contribution >= 4 is 34.8 Å². The van der Waals surface area contributed by atoms with Crippen molar-refractivity contribution in [3.63, 3.8) is 0 Å². The van der Waals surface area contributed by atoms with Crippen LogP contribution >= 0.6 is 11.6 Å². The van der Waals surface area contributed by atoms with E-state index in [1.54, 1.807) is 54.6 Å². The number of carbonyl (C=O) groups excluding carboxylic acids is 2. The summed E-state index contributed by atoms with van der Waals surface area (Å²) in [6.07, 6.45) is 0. The molecule has 0 bridgehead atoms. The van der Waals surface area contributed by atoms with Gasteiger partial charge in [0.05, 0.1) is 12.8 Å². The van der Waals surface area contributed by atoms with Crippen LogP contribution in [0.3, 0.4) is 0 Å². The van der Waals surface area contributed by atoms with E-state index in [0.29, 0.717) is 16.3 Å². The number of aliphatic hydroxyl groups excluding tert-OH is 1. The molecule has 0 radical (unpaired) electrons. The van der Waals surface area contributed by atoms with Crippen LogP contribution in [0.25, 0.3) is 5.76 Å². The molecule has 0 fully saturated rings. The molecule has 2 aromatic carbocycles. The third-order valence-corrected chi connectivity index (χ3v) is 3.20. The fourth-order valence-corrected chi connectivity index (χ4v) is 1.86. The van der Waals surface area contributed by atoms with E-state index in [9.17, 15) is 14.7 Å². The molecule has 0 saturated heterocycles. The van der Waals surface area contributed by atoms with Crippen LogP contribution in [0.4, 0.5) is 5.69 Å². The van der Waals surface area contributed by atoms with Crippen LogP contribution in [0.2, 0.25) is 5.02 Å². The molecule has 0 aromatic heterocycles. The zero-order valence-corrected chi connectivity index (χ0v) is 13.4. The van der Waals surface area contributed by atoms with Gasteiger partial charge in [0.2, 0.25) is 0 Å². The van der Waals surface area contributed by atoms with Gasteiger partial charge in [-0.15, -0.1) is 5.11 Å². The summed E-state index contributed by atoms with van der Waals surface area (Å²) >= 11 is 5.78. The van der Waals surface area contributed by atoms with Crippen molar-refractivity contribution in [1.82, 2.24) is 0 Å². The normalized spacial score (nSPS) is 11.9. The van der Waals surface area contributed by atoms with Crippen molar-refractivity contribution < 1.29 is 19.4 Å². The number of ketones is 1. The van der Waals surface area contributed by atoms with Crippen molar-refractivity contribution in [2.24, 2.45) is 10.2 Å². The van der Waals surface area contributed by atoms with Crippen molar-refractivity contribution in [1.29, 1.82) is 0 Å². The Morgan fingerprint density at radius 1 is 1.04 bits per heavy atom. The average molecular weight is 345 g/mol. The van der Waals surface area contributed by atoms with Gasteiger partial charge in [-0.1, -0.05) is 41.9 Å². The van der Waals surface area contributed by atoms with Crippen molar-refractivity contribution in [3.8, 4) is 0 Å². The number of methoxy groups -OCH3 is 1. The third-order valence-electron chi connectivity index (χ3n) is 2.95. The van der Waals surface area contributed by atoms with Gasteiger partial charge in [0.15, 0.2) is 11.5 Å². The number of aliphatic hydroxyl groups is 1. The Morgan fingerprint density at radius 3 is 2.25 bits per heavy atom. The Morgan fingerprint density at radius 2 is 1.67 bits per heavy atom. The number of carbonyl (C=O) groups is 2. The molecule has 0 atom stereocenters. The monoisotopic (exact) mass is 344 g/mol. The standard InChI is InChI=1S/C17H13ClN2O4/c1-24-17(23)16(22)14(15(21)11-5-3-2-4-6-11)20-19-13-9-7-12(18)8-10-13/h2-10,21H,1H3/b15-14-,20-19?. The van der Waals surface area contributed by atoms with E-state index in [4.69, 9.17) is 11.6 Å². The Labute approximate surface area is 143 Å². The lowest BCUT2D eigenvalue weighted by molar-refractivity contribution is -0.149. The van der Waals surface area contributed by atoms with Gasteiger partial charge in [-0.05, 0) is 24.3 Å². The molecule has 0 aliphatic carbocycles. The molecule has 0 saturated carbocycles. The number of azo groups is 1. The first-order valence-corrected chi connectivity index (χ1v) is 7.19. The zero-order valence-electron chi connectivity index (χ0n) is 12.6. The van der Waals surface area contributed by atoms with Gasteiger partial charge < -0.3 is 9.84 Å². The van der Waals surface area contributed by atoms with E-state index in [0.717, 1.165) is 7.11 Å². The van der Waals surface area contributed by atoms with Crippen LogP contribution in [0.1, 0.15) is 5.56 Å². The maximum atomic E-state index is 12.1. The molecule has 7 heteroatoms. The topological polar surface area (TPSA) is 88.3 Å². The predicted octanol–water partition coefficient (Wildman–Crippen LogP) is 4.09. The number of hydrogen-bond acceptors (Lipinski definition) is 6. The van der Waals surface area contributed by atoms with E-state index >= 15 is 0 Å². The first kappa shape index (κ1) is 17.4. The molecule has 0 heterocycles. The molecular formula is C17H13ClN2O4. The minimum Gasteiger partial charge on any atom is -0.505 e. The van der Waals surface area contributed by atoms with Gasteiger partial charge in [-0.2, -0.15) is 5.11 Å². The Balaban J connectivity index is 2.45. The zero-order chi connectivity index (χ0) is 17.5. The first-order chi connectivity index (χ1) is 11.5. The van der Waals surface area contributed by atoms with Gasteiger partial charge in [0.25, 0.3) is 5.78 Å². The number of rotatable bonds is 5. The minimum atomic E-state index is -1.15. The maximum absolute atomic E-state index is 12.1. The summed E-state index contributed by atoms with van der Waals surface area (Å²) in [6.45, 7) is 0. The van der Waals surface area contributed by atoms with E-state index in [2.05, 4.69) is 15.0 Å². The average Bonchev–Trinajstić information content (AvgIpc) is 2.63. The molecule has 2 rings (SSSR count). The fraction of sp³-hybridized carbons (Fsp3) is 0.0588. The SMILES string of the molecule is COC(=O)C(=O)/C(N=Nc1ccc(Cl)cc1)=C(/O)c1ccccc1. The quantitative estimate of drug-likeness (QED) is 0.291. The maximum Gasteiger partial charge on any atom is 0.381 e. The van der Waals surface area contributed by atoms with Crippen molar-refractivity contribution in [3.05, 3.63) is 70.9 Å². The van der Waals surface area contributed by atoms with E-state index in [1.807, 2.05) is 0 Å². The van der Waals surface area contributed by atoms with Gasteiger partial charge in [0.1, 0.15) is 0 Å². The van der Waals surface area contributed by atoms with Gasteiger partial charge in [0, 0.05) is 10.6 Å². The summed E-state index contributed by atoms with van der Waals surface area (Å²) in [5.74, 6) is -2.72. The van der Waals surface area contributed by atoms with Crippen molar-refractivity contribution in [2.75, 3.05) is 7.11 Å². The number of hydrogen-bond donors (Lipinski definition) is 1. The molecule has 1 N–H and O–H groups in total. The predicted molar refractivity (Wildman–Crippen MR) is 89.0 cm³/mol. The second kappa shape index (κ2) is 8.03. The molecule has 0 aliphatic rings. The lowest BCUT2D eigenvalue weighted by Gasteiger charge is -2.04. The third kappa shape index (κ3) is 4.27. The molecule has 0 aliphatic heterocycles. The molecule has 24 heavy (non-hydrogen) atoms. The summed E-state index contributed by atoms with van der Waals surface area (Å²) in [6, 6.07) is 14.6. The summed E-state index contributed by atoms with van der Waals surface area (Å²) < 4.78 is 4.39. The first-order valence-electron chi connectivity index (χ1n) is 6.81. The molecule has 6 nitrogen and oxygen atoms in total. The van der Waals surface area contributed by atoms with Crippen LogP contribution in [0.15, 0.2) is 70.5 Å². The second-order valence-electron chi connectivity index (χ2n) is 4.56. The Bertz CT molecular complexity index is 799. The van der Waals surface area contributed by atoms with Crippen LogP contribution in [0, 0.1) is 0 Å². The fourth-order valence-electron chi connectivity index (χ4n) is 1.74. The summed E-state index contributed by atoms with van der Waals surface area (Å²) in [5.41, 5.74) is 0.207. The summed E-state index contributed by atoms with van der Waals surface area (Å²) in [7, 11) is 1.06. The van der Waals surface area contributed by atoms with Crippen LogP contribution in [0.5, 0.6) is 0 Å². The second-order valence-corrected chi connectivity index (χ2v) is 5.00. The number of Topliss-reactive ketones (excluding diaryl/α,β-unsaturated/α-hetero) is 1. The van der Waals surface area contributed by atoms with E-state index in [1.165, 1.54) is 0 Å². The van der Waals surface area contributed by atoms with Crippen LogP contribution < -0.4 is 0 Å². The number of halogens is 1. The van der Waals surface area contributed by atoms with Crippen LogP contribution in [-0.4, -0.2) is 24.0 Å². The lowest BCUT2D eigenvalue weighted by atomic mass is 10.1. The number of benzene rings is 2. The van der Waals surface area contributed by atoms with Crippen LogP contribution in [-0.2, 0) is 14.3 Å². The molecule has 0 amide bonds. The molecule has 0 unspecified atom stereocenters. The van der Waals surface area contributed by atoms with Gasteiger partial charge in [-0.3, -0.25) is 4.79 Å². The summed E-state index contributed by atoms with van der Waals surface area (Å²) in [5, 5.41) is 18.4. The highest BCUT2D eigenvalue weighted by Crippen LogP contribution is 2.22. The Kier molecular flexibility index (Phi) is 5.81. The largest absolute Gasteiger partial charge is 0.505 e. The molecule has 0 spiro atoms. The van der Waals surface area contributed by atoms with E-state index < -0.39 is 23.2 Å². The van der Waals surface area contributed by atoms with Crippen molar-refractivity contribution in [2.45, 2.75) is 0 Å². The number of nitrogens with zero attached hydrogens (tertiary/aromatic N) is 2. The minimum absolute atomic E-state index is 0.319. The Hall–Kier alpha value is -2.99. The molecule has 122 valence electrons. The van der Waals surface area contributed by atoms with Gasteiger partial charge in [-0.25, -0.2) is 4.79 Å². The van der Waals surface area contributed by atoms with Gasteiger partial charge >= 0.3 is 5.97 Å².